The molecule has 0 bridgehead atoms. The van der Waals surface area contributed by atoms with Crippen LogP contribution in [0.2, 0.25) is 0 Å². The number of hydrogen-bond donors (Lipinski definition) is 2. The average molecular weight is 256 g/mol. The number of nitrogens with one attached hydrogen (secondary N) is 2. The fourth-order valence-corrected chi connectivity index (χ4v) is 1.36. The molecule has 0 aliphatic rings. The van der Waals surface area contributed by atoms with Crippen molar-refractivity contribution in [2.24, 2.45) is 0 Å². The van der Waals surface area contributed by atoms with Crippen molar-refractivity contribution in [1.82, 2.24) is 15.3 Å². The number of carbonyl (C=O) groups is 1. The molecule has 0 fully saturated rings. The fraction of sp³-hybridized carbons (Fsp3) is 0.500. The third kappa shape index (κ3) is 4.10. The van der Waals surface area contributed by atoms with E-state index < -0.39 is 10.8 Å². The molecule has 0 aromatic carbocycles. The number of anilines is 1. The van der Waals surface area contributed by atoms with Gasteiger partial charge in [0.1, 0.15) is 11.5 Å². The van der Waals surface area contributed by atoms with Crippen LogP contribution in [-0.2, 0) is 10.8 Å². The predicted octanol–water partition coefficient (Wildman–Crippen LogP) is 0.0151. The number of nitrogens with zero attached hydrogens (tertiary/aromatic N) is 2. The van der Waals surface area contributed by atoms with Gasteiger partial charge in [-0.05, 0) is 6.92 Å². The average Bonchev–Trinajstić information content (AvgIpc) is 2.35. The molecule has 0 aliphatic heterocycles. The van der Waals surface area contributed by atoms with Crippen LogP contribution >= 0.6 is 0 Å². The van der Waals surface area contributed by atoms with Crippen molar-refractivity contribution in [1.29, 1.82) is 0 Å². The van der Waals surface area contributed by atoms with Crippen molar-refractivity contribution in [2.45, 2.75) is 12.2 Å². The Balaban J connectivity index is 2.60. The maximum Gasteiger partial charge on any atom is 0.271 e. The van der Waals surface area contributed by atoms with E-state index in [1.165, 1.54) is 12.4 Å². The Morgan fingerprint density at radius 3 is 2.82 bits per heavy atom. The second-order valence-electron chi connectivity index (χ2n) is 3.56. The van der Waals surface area contributed by atoms with Crippen molar-refractivity contribution in [2.75, 3.05) is 25.2 Å². The van der Waals surface area contributed by atoms with E-state index in [0.29, 0.717) is 12.4 Å². The van der Waals surface area contributed by atoms with E-state index in [-0.39, 0.29) is 16.9 Å². The van der Waals surface area contributed by atoms with Crippen LogP contribution in [0.25, 0.3) is 0 Å². The van der Waals surface area contributed by atoms with Gasteiger partial charge < -0.3 is 10.6 Å². The molecule has 2 atom stereocenters. The number of hydrogen-bond acceptors (Lipinski definition) is 5. The molecule has 1 amide bonds. The van der Waals surface area contributed by atoms with Gasteiger partial charge in [0.05, 0.1) is 12.4 Å². The maximum atomic E-state index is 11.7. The highest BCUT2D eigenvalue weighted by molar-refractivity contribution is 7.84. The number of rotatable bonds is 5. The first kappa shape index (κ1) is 13.6. The minimum Gasteiger partial charge on any atom is -0.372 e. The summed E-state index contributed by atoms with van der Waals surface area (Å²) in [7, 11) is 0.750. The van der Waals surface area contributed by atoms with Crippen molar-refractivity contribution in [3.05, 3.63) is 18.1 Å². The molecule has 94 valence electrons. The van der Waals surface area contributed by atoms with Crippen LogP contribution in [0.3, 0.4) is 0 Å². The zero-order valence-electron chi connectivity index (χ0n) is 10.1. The predicted molar refractivity (Wildman–Crippen MR) is 67.4 cm³/mol. The largest absolute Gasteiger partial charge is 0.372 e. The summed E-state index contributed by atoms with van der Waals surface area (Å²) in [4.78, 5) is 19.6. The van der Waals surface area contributed by atoms with Crippen LogP contribution < -0.4 is 10.6 Å². The lowest BCUT2D eigenvalue weighted by Crippen LogP contribution is -2.33. The smallest absolute Gasteiger partial charge is 0.271 e. The molecule has 1 aromatic heterocycles. The van der Waals surface area contributed by atoms with E-state index in [9.17, 15) is 9.00 Å². The van der Waals surface area contributed by atoms with Gasteiger partial charge in [-0.25, -0.2) is 4.98 Å². The highest BCUT2D eigenvalue weighted by Gasteiger charge is 2.11. The molecule has 0 aliphatic carbocycles. The second-order valence-corrected chi connectivity index (χ2v) is 5.36. The monoisotopic (exact) mass is 256 g/mol. The number of amides is 1. The van der Waals surface area contributed by atoms with Gasteiger partial charge in [0.15, 0.2) is 0 Å². The van der Waals surface area contributed by atoms with Crippen molar-refractivity contribution in [3.8, 4) is 0 Å². The van der Waals surface area contributed by atoms with Gasteiger partial charge in [0.2, 0.25) is 0 Å². The van der Waals surface area contributed by atoms with Gasteiger partial charge in [-0.2, -0.15) is 0 Å². The SMILES string of the molecule is CNc1cncc(C(=O)NCC(C)S(C)=O)n1. The van der Waals surface area contributed by atoms with Gasteiger partial charge in [0, 0.05) is 35.9 Å². The summed E-state index contributed by atoms with van der Waals surface area (Å²) >= 11 is 0. The van der Waals surface area contributed by atoms with E-state index in [1.54, 1.807) is 13.3 Å². The Morgan fingerprint density at radius 1 is 1.53 bits per heavy atom. The lowest BCUT2D eigenvalue weighted by molar-refractivity contribution is 0.0949. The fourth-order valence-electron chi connectivity index (χ4n) is 1.04. The van der Waals surface area contributed by atoms with E-state index in [1.807, 2.05) is 6.92 Å². The summed E-state index contributed by atoms with van der Waals surface area (Å²) in [6, 6.07) is 0. The van der Waals surface area contributed by atoms with Gasteiger partial charge in [-0.1, -0.05) is 0 Å². The first-order valence-electron chi connectivity index (χ1n) is 5.14. The molecule has 7 heteroatoms. The molecule has 17 heavy (non-hydrogen) atoms. The Bertz CT molecular complexity index is 425. The topological polar surface area (TPSA) is 84.0 Å². The first-order chi connectivity index (χ1) is 8.04. The Morgan fingerprint density at radius 2 is 2.24 bits per heavy atom. The molecule has 1 aromatic rings. The summed E-state index contributed by atoms with van der Waals surface area (Å²) in [5, 5.41) is 5.39. The minimum absolute atomic E-state index is 0.0839. The van der Waals surface area contributed by atoms with Crippen LogP contribution in [0.1, 0.15) is 17.4 Å². The van der Waals surface area contributed by atoms with E-state index >= 15 is 0 Å². The zero-order valence-corrected chi connectivity index (χ0v) is 10.9. The van der Waals surface area contributed by atoms with Crippen LogP contribution in [0.4, 0.5) is 5.82 Å². The summed E-state index contributed by atoms with van der Waals surface area (Å²) in [5.41, 5.74) is 0.242. The van der Waals surface area contributed by atoms with Crippen LogP contribution in [0.5, 0.6) is 0 Å². The Hall–Kier alpha value is -1.50. The second kappa shape index (κ2) is 6.29. The van der Waals surface area contributed by atoms with Gasteiger partial charge >= 0.3 is 0 Å². The molecule has 1 rings (SSSR count). The van der Waals surface area contributed by atoms with E-state index in [2.05, 4.69) is 20.6 Å². The van der Waals surface area contributed by atoms with Gasteiger partial charge in [0.25, 0.3) is 5.91 Å². The van der Waals surface area contributed by atoms with Gasteiger partial charge in [-0.3, -0.25) is 14.0 Å². The van der Waals surface area contributed by atoms with Crippen LogP contribution in [-0.4, -0.2) is 45.2 Å². The van der Waals surface area contributed by atoms with Crippen molar-refractivity contribution >= 4 is 22.5 Å². The van der Waals surface area contributed by atoms with Crippen molar-refractivity contribution < 1.29 is 9.00 Å². The normalized spacial score (nSPS) is 13.8. The third-order valence-electron chi connectivity index (χ3n) is 2.24. The quantitative estimate of drug-likeness (QED) is 0.775. The van der Waals surface area contributed by atoms with E-state index in [0.717, 1.165) is 0 Å². The standard InChI is InChI=1S/C10H16N4O2S/c1-7(17(3)16)4-13-10(15)8-5-12-6-9(11-2)14-8/h5-7H,4H2,1-3H3,(H,11,14)(H,13,15). The van der Waals surface area contributed by atoms with Crippen LogP contribution in [0.15, 0.2) is 12.4 Å². The molecule has 0 spiro atoms. The molecule has 1 heterocycles. The molecular weight excluding hydrogens is 240 g/mol. The Kier molecular flexibility index (Phi) is 5.02. The zero-order chi connectivity index (χ0) is 12.8. The minimum atomic E-state index is -0.952. The molecule has 0 radical (unpaired) electrons. The van der Waals surface area contributed by atoms with Crippen LogP contribution in [0, 0.1) is 0 Å². The first-order valence-corrected chi connectivity index (χ1v) is 6.77. The highest BCUT2D eigenvalue weighted by Crippen LogP contribution is 2.00. The van der Waals surface area contributed by atoms with Gasteiger partial charge in [-0.15, -0.1) is 0 Å². The third-order valence-corrected chi connectivity index (χ3v) is 3.54. The molecular formula is C10H16N4O2S. The Labute approximate surface area is 103 Å². The lowest BCUT2D eigenvalue weighted by Gasteiger charge is -2.09. The number of aromatic nitrogens is 2. The lowest BCUT2D eigenvalue weighted by atomic mass is 10.4. The molecule has 6 nitrogen and oxygen atoms in total. The van der Waals surface area contributed by atoms with E-state index in [4.69, 9.17) is 0 Å². The summed E-state index contributed by atoms with van der Waals surface area (Å²) in [5.74, 6) is 0.219. The highest BCUT2D eigenvalue weighted by atomic mass is 32.2. The number of carbonyl (C=O) groups excluding carboxylic acids is 1. The molecule has 2 N–H and O–H groups in total. The van der Waals surface area contributed by atoms with Crippen molar-refractivity contribution in [3.63, 3.8) is 0 Å². The summed E-state index contributed by atoms with van der Waals surface area (Å²) in [6.07, 6.45) is 4.53. The molecule has 0 saturated heterocycles. The maximum absolute atomic E-state index is 11.7. The summed E-state index contributed by atoms with van der Waals surface area (Å²) < 4.78 is 11.1. The molecule has 2 unspecified atom stereocenters. The summed E-state index contributed by atoms with van der Waals surface area (Å²) in [6.45, 7) is 2.17. The molecule has 0 saturated carbocycles.